The molecule has 19 heavy (non-hydrogen) atoms. The number of nitrogens with one attached hydrogen (secondary N) is 1. The van der Waals surface area contributed by atoms with Gasteiger partial charge in [0.2, 0.25) is 0 Å². The summed E-state index contributed by atoms with van der Waals surface area (Å²) in [6.45, 7) is 2.11. The predicted octanol–water partition coefficient (Wildman–Crippen LogP) is 3.38. The maximum Gasteiger partial charge on any atom is 0.0521 e. The first kappa shape index (κ1) is 14.3. The van der Waals surface area contributed by atoms with Gasteiger partial charge in [-0.25, -0.2) is 0 Å². The topological polar surface area (TPSA) is 29.9 Å². The van der Waals surface area contributed by atoms with E-state index in [4.69, 9.17) is 0 Å². The molecule has 0 amide bonds. The van der Waals surface area contributed by atoms with Gasteiger partial charge >= 0.3 is 0 Å². The Balaban J connectivity index is 2.07. The van der Waals surface area contributed by atoms with Crippen LogP contribution in [0.2, 0.25) is 0 Å². The van der Waals surface area contributed by atoms with Crippen LogP contribution in [0, 0.1) is 6.92 Å². The molecule has 2 rings (SSSR count). The fraction of sp³-hybridized carbons (Fsp3) is 0.400. The highest BCUT2D eigenvalue weighted by atomic mass is 79.9. The van der Waals surface area contributed by atoms with E-state index in [-0.39, 0.29) is 0 Å². The lowest BCUT2D eigenvalue weighted by Crippen LogP contribution is -2.17. The van der Waals surface area contributed by atoms with Crippen LogP contribution in [-0.4, -0.2) is 16.8 Å². The molecule has 0 radical (unpaired) electrons. The minimum absolute atomic E-state index is 0.357. The van der Waals surface area contributed by atoms with Crippen molar-refractivity contribution in [2.24, 2.45) is 7.05 Å². The number of rotatable bonds is 5. The van der Waals surface area contributed by atoms with E-state index in [1.165, 1.54) is 21.2 Å². The van der Waals surface area contributed by atoms with Gasteiger partial charge in [0.05, 0.1) is 6.20 Å². The quantitative estimate of drug-likeness (QED) is 0.914. The molecule has 1 atom stereocenters. The Morgan fingerprint density at radius 2 is 2.21 bits per heavy atom. The number of aryl methyl sites for hydroxylation is 3. The van der Waals surface area contributed by atoms with Crippen LogP contribution in [0.25, 0.3) is 0 Å². The Hall–Kier alpha value is -1.13. The number of benzene rings is 1. The van der Waals surface area contributed by atoms with Crippen molar-refractivity contribution in [1.82, 2.24) is 15.1 Å². The Kier molecular flexibility index (Phi) is 4.77. The minimum Gasteiger partial charge on any atom is -0.313 e. The molecule has 0 aliphatic heterocycles. The third kappa shape index (κ3) is 3.67. The molecule has 1 heterocycles. The van der Waals surface area contributed by atoms with Crippen molar-refractivity contribution < 1.29 is 0 Å². The van der Waals surface area contributed by atoms with Gasteiger partial charge < -0.3 is 5.32 Å². The summed E-state index contributed by atoms with van der Waals surface area (Å²) in [7, 11) is 3.97. The SMILES string of the molecule is CNC(CCc1cnn(C)c1)c1ccc(C)cc1Br. The molecule has 2 aromatic rings. The molecule has 3 nitrogen and oxygen atoms in total. The Labute approximate surface area is 123 Å². The van der Waals surface area contributed by atoms with Gasteiger partial charge in [0.1, 0.15) is 0 Å². The first-order chi connectivity index (χ1) is 9.10. The fourth-order valence-corrected chi connectivity index (χ4v) is 3.05. The monoisotopic (exact) mass is 321 g/mol. The lowest BCUT2D eigenvalue weighted by Gasteiger charge is -2.18. The molecule has 0 fully saturated rings. The van der Waals surface area contributed by atoms with Crippen molar-refractivity contribution in [2.75, 3.05) is 7.05 Å². The molecule has 1 unspecified atom stereocenters. The molecular formula is C15H20BrN3. The number of nitrogens with zero attached hydrogens (tertiary/aromatic N) is 2. The summed E-state index contributed by atoms with van der Waals surface area (Å²) in [6, 6.07) is 6.89. The highest BCUT2D eigenvalue weighted by molar-refractivity contribution is 9.10. The maximum absolute atomic E-state index is 4.21. The average Bonchev–Trinajstić information content (AvgIpc) is 2.78. The number of halogens is 1. The Morgan fingerprint density at radius 3 is 2.79 bits per heavy atom. The molecule has 0 spiro atoms. The average molecular weight is 322 g/mol. The smallest absolute Gasteiger partial charge is 0.0521 e. The third-order valence-electron chi connectivity index (χ3n) is 3.36. The van der Waals surface area contributed by atoms with Crippen LogP contribution < -0.4 is 5.32 Å². The van der Waals surface area contributed by atoms with Gasteiger partial charge in [-0.2, -0.15) is 5.10 Å². The number of aromatic nitrogens is 2. The summed E-state index contributed by atoms with van der Waals surface area (Å²) in [6.07, 6.45) is 6.11. The molecule has 0 saturated heterocycles. The summed E-state index contributed by atoms with van der Waals surface area (Å²) in [5.41, 5.74) is 3.88. The molecule has 1 N–H and O–H groups in total. The molecule has 0 saturated carbocycles. The van der Waals surface area contributed by atoms with E-state index in [9.17, 15) is 0 Å². The maximum atomic E-state index is 4.21. The lowest BCUT2D eigenvalue weighted by atomic mass is 9.99. The van der Waals surface area contributed by atoms with E-state index in [0.29, 0.717) is 6.04 Å². The zero-order valence-electron chi connectivity index (χ0n) is 11.7. The van der Waals surface area contributed by atoms with Gasteiger partial charge in [-0.1, -0.05) is 28.1 Å². The second-order valence-electron chi connectivity index (χ2n) is 4.93. The first-order valence-corrected chi connectivity index (χ1v) is 7.30. The zero-order valence-corrected chi connectivity index (χ0v) is 13.2. The highest BCUT2D eigenvalue weighted by Gasteiger charge is 2.13. The lowest BCUT2D eigenvalue weighted by molar-refractivity contribution is 0.547. The second kappa shape index (κ2) is 6.35. The van der Waals surface area contributed by atoms with E-state index in [1.54, 1.807) is 0 Å². The molecular weight excluding hydrogens is 302 g/mol. The van der Waals surface area contributed by atoms with Crippen molar-refractivity contribution in [3.05, 3.63) is 51.8 Å². The fourth-order valence-electron chi connectivity index (χ4n) is 2.28. The van der Waals surface area contributed by atoms with Crippen LogP contribution in [0.15, 0.2) is 35.1 Å². The van der Waals surface area contributed by atoms with E-state index >= 15 is 0 Å². The number of hydrogen-bond donors (Lipinski definition) is 1. The van der Waals surface area contributed by atoms with E-state index in [2.05, 4.69) is 57.7 Å². The van der Waals surface area contributed by atoms with Crippen LogP contribution >= 0.6 is 15.9 Å². The summed E-state index contributed by atoms with van der Waals surface area (Å²) in [5.74, 6) is 0. The second-order valence-corrected chi connectivity index (χ2v) is 5.78. The van der Waals surface area contributed by atoms with E-state index in [0.717, 1.165) is 12.8 Å². The van der Waals surface area contributed by atoms with Gasteiger partial charge in [-0.05, 0) is 49.6 Å². The molecule has 4 heteroatoms. The molecule has 0 bridgehead atoms. The largest absolute Gasteiger partial charge is 0.313 e. The van der Waals surface area contributed by atoms with Crippen LogP contribution in [-0.2, 0) is 13.5 Å². The first-order valence-electron chi connectivity index (χ1n) is 6.51. The van der Waals surface area contributed by atoms with Crippen molar-refractivity contribution >= 4 is 15.9 Å². The summed E-state index contributed by atoms with van der Waals surface area (Å²) in [4.78, 5) is 0. The van der Waals surface area contributed by atoms with Gasteiger partial charge in [-0.15, -0.1) is 0 Å². The predicted molar refractivity (Wildman–Crippen MR) is 82.2 cm³/mol. The van der Waals surface area contributed by atoms with Crippen LogP contribution in [0.3, 0.4) is 0 Å². The molecule has 0 aliphatic rings. The van der Waals surface area contributed by atoms with E-state index < -0.39 is 0 Å². The van der Waals surface area contributed by atoms with E-state index in [1.807, 2.05) is 25.0 Å². The third-order valence-corrected chi connectivity index (χ3v) is 4.05. The summed E-state index contributed by atoms with van der Waals surface area (Å²) >= 11 is 3.66. The van der Waals surface area contributed by atoms with Gasteiger partial charge in [-0.3, -0.25) is 4.68 Å². The van der Waals surface area contributed by atoms with Gasteiger partial charge in [0.15, 0.2) is 0 Å². The normalized spacial score (nSPS) is 12.6. The summed E-state index contributed by atoms with van der Waals surface area (Å²) in [5, 5.41) is 7.61. The van der Waals surface area contributed by atoms with Crippen molar-refractivity contribution in [2.45, 2.75) is 25.8 Å². The minimum atomic E-state index is 0.357. The van der Waals surface area contributed by atoms with Crippen LogP contribution in [0.4, 0.5) is 0 Å². The van der Waals surface area contributed by atoms with Crippen molar-refractivity contribution in [3.63, 3.8) is 0 Å². The summed E-state index contributed by atoms with van der Waals surface area (Å²) < 4.78 is 3.03. The van der Waals surface area contributed by atoms with Crippen LogP contribution in [0.1, 0.15) is 29.2 Å². The highest BCUT2D eigenvalue weighted by Crippen LogP contribution is 2.27. The number of hydrogen-bond acceptors (Lipinski definition) is 2. The van der Waals surface area contributed by atoms with Crippen molar-refractivity contribution in [3.8, 4) is 0 Å². The Bertz CT molecular complexity index is 548. The Morgan fingerprint density at radius 1 is 1.42 bits per heavy atom. The molecule has 1 aromatic carbocycles. The van der Waals surface area contributed by atoms with Crippen LogP contribution in [0.5, 0.6) is 0 Å². The standard InChI is InChI=1S/C15H20BrN3/c1-11-4-6-13(14(16)8-11)15(17-2)7-5-12-9-18-19(3)10-12/h4,6,8-10,15,17H,5,7H2,1-3H3. The molecule has 102 valence electrons. The zero-order chi connectivity index (χ0) is 13.8. The van der Waals surface area contributed by atoms with Crippen molar-refractivity contribution in [1.29, 1.82) is 0 Å². The van der Waals surface area contributed by atoms with Gasteiger partial charge in [0.25, 0.3) is 0 Å². The molecule has 0 aliphatic carbocycles. The van der Waals surface area contributed by atoms with Gasteiger partial charge in [0, 0.05) is 23.8 Å². The molecule has 1 aromatic heterocycles.